The van der Waals surface area contributed by atoms with Crippen molar-refractivity contribution < 1.29 is 9.85 Å². The summed E-state index contributed by atoms with van der Waals surface area (Å²) in [7, 11) is 1.67. The molecule has 0 radical (unpaired) electrons. The highest BCUT2D eigenvalue weighted by atomic mass is 16.6. The number of hydrogen-bond acceptors (Lipinski definition) is 5. The van der Waals surface area contributed by atoms with E-state index in [9.17, 15) is 20.2 Å². The van der Waals surface area contributed by atoms with Crippen LogP contribution in [0, 0.1) is 20.2 Å². The van der Waals surface area contributed by atoms with E-state index in [1.165, 1.54) is 0 Å². The predicted molar refractivity (Wildman–Crippen MR) is 48.3 cm³/mol. The molecule has 0 aromatic carbocycles. The minimum atomic E-state index is -0.781. The fraction of sp³-hybridized carbons (Fsp3) is 1.00. The molecule has 1 rings (SSSR count). The van der Waals surface area contributed by atoms with Gasteiger partial charge >= 0.3 is 0 Å². The van der Waals surface area contributed by atoms with Crippen LogP contribution in [0.1, 0.15) is 19.3 Å². The lowest BCUT2D eigenvalue weighted by molar-refractivity contribution is -0.568. The van der Waals surface area contributed by atoms with E-state index >= 15 is 0 Å². The average Bonchev–Trinajstić information content (AvgIpc) is 2.16. The van der Waals surface area contributed by atoms with Crippen LogP contribution in [0.5, 0.6) is 0 Å². The van der Waals surface area contributed by atoms with Crippen LogP contribution in [0.15, 0.2) is 0 Å². The summed E-state index contributed by atoms with van der Waals surface area (Å²) in [4.78, 5) is 20.2. The van der Waals surface area contributed by atoms with Crippen molar-refractivity contribution in [2.75, 3.05) is 7.05 Å². The van der Waals surface area contributed by atoms with Crippen LogP contribution in [0.3, 0.4) is 0 Å². The Labute approximate surface area is 80.8 Å². The summed E-state index contributed by atoms with van der Waals surface area (Å²) in [5, 5.41) is 23.9. The molecule has 0 bridgehead atoms. The van der Waals surface area contributed by atoms with Gasteiger partial charge in [-0.3, -0.25) is 20.2 Å². The summed E-state index contributed by atoms with van der Waals surface area (Å²) in [5.74, 6) is 0. The molecule has 0 heterocycles. The van der Waals surface area contributed by atoms with E-state index < -0.39 is 21.9 Å². The zero-order valence-electron chi connectivity index (χ0n) is 7.88. The van der Waals surface area contributed by atoms with Crippen molar-refractivity contribution in [3.8, 4) is 0 Å². The predicted octanol–water partition coefficient (Wildman–Crippen LogP) is 0.0489. The van der Waals surface area contributed by atoms with Gasteiger partial charge in [0, 0.05) is 28.7 Å². The fourth-order valence-corrected chi connectivity index (χ4v) is 1.84. The Morgan fingerprint density at radius 3 is 1.79 bits per heavy atom. The van der Waals surface area contributed by atoms with E-state index in [1.54, 1.807) is 7.05 Å². The minimum Gasteiger partial charge on any atom is -0.316 e. The number of nitrogens with zero attached hydrogens (tertiary/aromatic N) is 2. The molecule has 1 aliphatic rings. The van der Waals surface area contributed by atoms with Gasteiger partial charge in [-0.2, -0.15) is 0 Å². The zero-order chi connectivity index (χ0) is 10.7. The number of nitrogens with one attached hydrogen (secondary N) is 1. The smallest absolute Gasteiger partial charge is 0.221 e. The van der Waals surface area contributed by atoms with Gasteiger partial charge in [0.05, 0.1) is 6.42 Å². The first kappa shape index (κ1) is 10.8. The quantitative estimate of drug-likeness (QED) is 0.516. The van der Waals surface area contributed by atoms with Crippen LogP contribution < -0.4 is 5.32 Å². The van der Waals surface area contributed by atoms with Crippen molar-refractivity contribution >= 4 is 0 Å². The van der Waals surface area contributed by atoms with Gasteiger partial charge in [0.1, 0.15) is 0 Å². The minimum absolute atomic E-state index is 0.0537. The Bertz CT molecular complexity index is 223. The number of hydrogen-bond donors (Lipinski definition) is 1. The first-order valence-electron chi connectivity index (χ1n) is 4.48. The third kappa shape index (κ3) is 2.38. The molecule has 7 nitrogen and oxygen atoms in total. The van der Waals surface area contributed by atoms with Gasteiger partial charge < -0.3 is 5.32 Å². The summed E-state index contributed by atoms with van der Waals surface area (Å²) in [6.07, 6.45) is 0.819. The lowest BCUT2D eigenvalue weighted by Crippen LogP contribution is -2.45. The van der Waals surface area contributed by atoms with E-state index in [2.05, 4.69) is 5.32 Å². The fourth-order valence-electron chi connectivity index (χ4n) is 1.84. The normalized spacial score (nSPS) is 32.5. The van der Waals surface area contributed by atoms with E-state index in [1.807, 2.05) is 0 Å². The lowest BCUT2D eigenvalue weighted by Gasteiger charge is -2.25. The topological polar surface area (TPSA) is 98.3 Å². The molecule has 14 heavy (non-hydrogen) atoms. The molecule has 80 valence electrons. The second-order valence-corrected chi connectivity index (χ2v) is 3.57. The van der Waals surface area contributed by atoms with Crippen molar-refractivity contribution in [1.82, 2.24) is 5.32 Å². The van der Waals surface area contributed by atoms with E-state index in [-0.39, 0.29) is 12.5 Å². The summed E-state index contributed by atoms with van der Waals surface area (Å²) in [5.41, 5.74) is 0. The van der Waals surface area contributed by atoms with E-state index in [4.69, 9.17) is 0 Å². The molecule has 1 N–H and O–H groups in total. The van der Waals surface area contributed by atoms with Crippen LogP contribution >= 0.6 is 0 Å². The monoisotopic (exact) mass is 203 g/mol. The van der Waals surface area contributed by atoms with Gasteiger partial charge in [0.25, 0.3) is 0 Å². The van der Waals surface area contributed by atoms with Crippen LogP contribution in [0.2, 0.25) is 0 Å². The molecule has 2 atom stereocenters. The summed E-state index contributed by atoms with van der Waals surface area (Å²) in [6, 6.07) is -1.68. The van der Waals surface area contributed by atoms with Crippen LogP contribution in [0.25, 0.3) is 0 Å². The van der Waals surface area contributed by atoms with E-state index in [0.29, 0.717) is 12.8 Å². The molecule has 0 aromatic heterocycles. The molecular formula is C7H13N3O4. The van der Waals surface area contributed by atoms with Crippen LogP contribution in [-0.2, 0) is 0 Å². The second-order valence-electron chi connectivity index (χ2n) is 3.57. The molecular weight excluding hydrogens is 190 g/mol. The molecule has 7 heteroatoms. The van der Waals surface area contributed by atoms with Crippen molar-refractivity contribution in [3.05, 3.63) is 20.2 Å². The number of rotatable bonds is 3. The maximum atomic E-state index is 10.5. The Morgan fingerprint density at radius 1 is 1.07 bits per heavy atom. The average molecular weight is 203 g/mol. The SMILES string of the molecule is CNC1CC([N+](=O)[O-])CC([N+](=O)[O-])C1. The van der Waals surface area contributed by atoms with Crippen molar-refractivity contribution in [2.45, 2.75) is 37.4 Å². The lowest BCUT2D eigenvalue weighted by atomic mass is 9.88. The first-order chi connectivity index (χ1) is 6.54. The molecule has 2 unspecified atom stereocenters. The Kier molecular flexibility index (Phi) is 3.34. The molecule has 1 fully saturated rings. The van der Waals surface area contributed by atoms with Gasteiger partial charge in [0.2, 0.25) is 12.1 Å². The second kappa shape index (κ2) is 4.32. The van der Waals surface area contributed by atoms with Crippen molar-refractivity contribution in [1.29, 1.82) is 0 Å². The number of nitro groups is 2. The standard InChI is InChI=1S/C7H13N3O4/c1-8-5-2-6(9(11)12)4-7(3-5)10(13)14/h5-8H,2-4H2,1H3. The molecule has 0 amide bonds. The van der Waals surface area contributed by atoms with Gasteiger partial charge in [-0.1, -0.05) is 0 Å². The zero-order valence-corrected chi connectivity index (χ0v) is 7.88. The van der Waals surface area contributed by atoms with Gasteiger partial charge in [-0.15, -0.1) is 0 Å². The van der Waals surface area contributed by atoms with Gasteiger partial charge in [-0.25, -0.2) is 0 Å². The third-order valence-corrected chi connectivity index (χ3v) is 2.66. The highest BCUT2D eigenvalue weighted by molar-refractivity contribution is 4.82. The Hall–Kier alpha value is -1.24. The molecule has 1 saturated carbocycles. The van der Waals surface area contributed by atoms with Gasteiger partial charge in [-0.05, 0) is 7.05 Å². The molecule has 0 saturated heterocycles. The van der Waals surface area contributed by atoms with Crippen molar-refractivity contribution in [3.63, 3.8) is 0 Å². The molecule has 1 aliphatic carbocycles. The Morgan fingerprint density at radius 2 is 1.50 bits per heavy atom. The maximum Gasteiger partial charge on any atom is 0.221 e. The summed E-state index contributed by atoms with van der Waals surface area (Å²) in [6.45, 7) is 0. The highest BCUT2D eigenvalue weighted by Gasteiger charge is 2.40. The highest BCUT2D eigenvalue weighted by Crippen LogP contribution is 2.22. The van der Waals surface area contributed by atoms with Crippen LogP contribution in [-0.4, -0.2) is 35.0 Å². The van der Waals surface area contributed by atoms with Crippen molar-refractivity contribution in [2.24, 2.45) is 0 Å². The maximum absolute atomic E-state index is 10.5. The first-order valence-corrected chi connectivity index (χ1v) is 4.48. The molecule has 0 aliphatic heterocycles. The molecule has 0 aromatic rings. The Balaban J connectivity index is 2.66. The summed E-state index contributed by atoms with van der Waals surface area (Å²) < 4.78 is 0. The largest absolute Gasteiger partial charge is 0.316 e. The molecule has 0 spiro atoms. The van der Waals surface area contributed by atoms with Crippen LogP contribution in [0.4, 0.5) is 0 Å². The third-order valence-electron chi connectivity index (χ3n) is 2.66. The van der Waals surface area contributed by atoms with Gasteiger partial charge in [0.15, 0.2) is 0 Å². The summed E-state index contributed by atoms with van der Waals surface area (Å²) >= 11 is 0. The van der Waals surface area contributed by atoms with E-state index in [0.717, 1.165) is 0 Å².